The highest BCUT2D eigenvalue weighted by Crippen LogP contribution is 1.99. The monoisotopic (exact) mass is 440 g/mol. The molecule has 7 heteroatoms. The molecule has 0 aliphatic carbocycles. The van der Waals surface area contributed by atoms with E-state index in [2.05, 4.69) is 93.6 Å². The maximum absolute atomic E-state index is 6.33. The Hall–Kier alpha value is -1.59. The van der Waals surface area contributed by atoms with Crippen LogP contribution in [0.5, 0.6) is 0 Å². The van der Waals surface area contributed by atoms with Crippen LogP contribution in [0.3, 0.4) is 0 Å². The predicted octanol–water partition coefficient (Wildman–Crippen LogP) is -0.0934. The van der Waals surface area contributed by atoms with Gasteiger partial charge < -0.3 is 12.3 Å². The molecule has 0 N–H and O–H groups in total. The van der Waals surface area contributed by atoms with Crippen molar-refractivity contribution in [3.8, 4) is 0 Å². The van der Waals surface area contributed by atoms with Crippen LogP contribution in [-0.4, -0.2) is 38.8 Å². The highest BCUT2D eigenvalue weighted by Gasteiger charge is 2.17. The summed E-state index contributed by atoms with van der Waals surface area (Å²) in [5.41, 5.74) is 3.90. The SMILES string of the molecule is Cc1ccccc1[SiH2]O[SiH](O[SiH2]c1ccccc1C)O[SiH2]c1ccccc1C. The minimum Gasteiger partial charge on any atom is -0.420 e. The zero-order valence-corrected chi connectivity index (χ0v) is 22.2. The summed E-state index contributed by atoms with van der Waals surface area (Å²) in [4.78, 5) is 0. The van der Waals surface area contributed by atoms with Crippen LogP contribution in [0.1, 0.15) is 16.7 Å². The number of aryl methyl sites for hydroxylation is 3. The van der Waals surface area contributed by atoms with Gasteiger partial charge in [-0.15, -0.1) is 0 Å². The van der Waals surface area contributed by atoms with Gasteiger partial charge in [-0.2, -0.15) is 0 Å². The smallest absolute Gasteiger partial charge is 0.420 e. The Labute approximate surface area is 176 Å². The van der Waals surface area contributed by atoms with Gasteiger partial charge in [0.15, 0.2) is 29.3 Å². The highest BCUT2D eigenvalue weighted by atomic mass is 28.4. The van der Waals surface area contributed by atoms with Crippen LogP contribution in [0.2, 0.25) is 0 Å². The first-order chi connectivity index (χ1) is 13.6. The van der Waals surface area contributed by atoms with Gasteiger partial charge in [-0.3, -0.25) is 0 Å². The van der Waals surface area contributed by atoms with Crippen LogP contribution in [0.15, 0.2) is 72.8 Å². The third-order valence-corrected chi connectivity index (χ3v) is 13.5. The summed E-state index contributed by atoms with van der Waals surface area (Å²) in [6.45, 7) is 6.44. The molecule has 0 aliphatic heterocycles. The summed E-state index contributed by atoms with van der Waals surface area (Å²) in [5, 5.41) is 4.01. The van der Waals surface area contributed by atoms with Gasteiger partial charge in [0, 0.05) is 0 Å². The molecule has 0 bridgehead atoms. The van der Waals surface area contributed by atoms with Gasteiger partial charge in [0.2, 0.25) is 0 Å². The van der Waals surface area contributed by atoms with Crippen LogP contribution < -0.4 is 15.6 Å². The van der Waals surface area contributed by atoms with E-state index >= 15 is 0 Å². The van der Waals surface area contributed by atoms with Crippen molar-refractivity contribution in [1.29, 1.82) is 0 Å². The van der Waals surface area contributed by atoms with Gasteiger partial charge in [0.25, 0.3) is 0 Å². The molecule has 0 unspecified atom stereocenters. The van der Waals surface area contributed by atoms with Crippen molar-refractivity contribution in [3.63, 3.8) is 0 Å². The fourth-order valence-corrected chi connectivity index (χ4v) is 12.2. The number of hydrogen-bond acceptors (Lipinski definition) is 3. The summed E-state index contributed by atoms with van der Waals surface area (Å²) < 4.78 is 19.0. The fourth-order valence-electron chi connectivity index (χ4n) is 2.93. The van der Waals surface area contributed by atoms with E-state index in [-0.39, 0.29) is 0 Å². The van der Waals surface area contributed by atoms with Crippen LogP contribution in [0.4, 0.5) is 0 Å². The van der Waals surface area contributed by atoms with E-state index in [1.807, 2.05) is 0 Å². The summed E-state index contributed by atoms with van der Waals surface area (Å²) in [7, 11) is -4.67. The Bertz CT molecular complexity index is 786. The van der Waals surface area contributed by atoms with Crippen LogP contribution >= 0.6 is 0 Å². The first kappa shape index (κ1) is 21.1. The second-order valence-corrected chi connectivity index (χ2v) is 14.7. The van der Waals surface area contributed by atoms with Crippen molar-refractivity contribution in [1.82, 2.24) is 0 Å². The van der Waals surface area contributed by atoms with E-state index < -0.39 is 38.8 Å². The molecule has 0 aromatic heterocycles. The largest absolute Gasteiger partial charge is 0.452 e. The molecule has 28 heavy (non-hydrogen) atoms. The average Bonchev–Trinajstić information content (AvgIpc) is 2.71. The topological polar surface area (TPSA) is 27.7 Å². The van der Waals surface area contributed by atoms with Crippen LogP contribution in [0, 0.1) is 20.8 Å². The summed E-state index contributed by atoms with van der Waals surface area (Å²) >= 11 is 0. The number of rotatable bonds is 9. The van der Waals surface area contributed by atoms with E-state index in [1.54, 1.807) is 0 Å². The number of benzene rings is 3. The molecule has 0 fully saturated rings. The molecule has 0 heterocycles. The normalized spacial score (nSPS) is 13.4. The fraction of sp³-hybridized carbons (Fsp3) is 0.143. The molecule has 0 atom stereocenters. The van der Waals surface area contributed by atoms with Crippen LogP contribution in [-0.2, 0) is 12.3 Å². The Morgan fingerprint density at radius 3 is 1.07 bits per heavy atom. The summed E-state index contributed by atoms with van der Waals surface area (Å²) in [6.07, 6.45) is 0. The third-order valence-electron chi connectivity index (χ3n) is 4.91. The minimum absolute atomic E-state index is 0.851. The molecule has 0 amide bonds. The first-order valence-corrected chi connectivity index (χ1v) is 14.9. The van der Waals surface area contributed by atoms with Gasteiger partial charge in [-0.1, -0.05) is 89.5 Å². The molecular weight excluding hydrogens is 413 g/mol. The van der Waals surface area contributed by atoms with Gasteiger partial charge in [0.1, 0.15) is 0 Å². The molecular formula is C21H28O3Si4. The van der Waals surface area contributed by atoms with E-state index in [0.717, 1.165) is 0 Å². The second-order valence-electron chi connectivity index (χ2n) is 7.00. The Kier molecular flexibility index (Phi) is 8.16. The summed E-state index contributed by atoms with van der Waals surface area (Å²) in [6, 6.07) is 25.4. The maximum Gasteiger partial charge on any atom is 0.452 e. The van der Waals surface area contributed by atoms with Crippen molar-refractivity contribution in [2.45, 2.75) is 20.8 Å². The second kappa shape index (κ2) is 10.8. The lowest BCUT2D eigenvalue weighted by atomic mass is 10.2. The highest BCUT2D eigenvalue weighted by molar-refractivity contribution is 6.67. The minimum atomic E-state index is -2.12. The standard InChI is InChI=1S/C21H28O3Si4/c1-16-10-4-7-13-19(16)25-22-28(23-26-20-14-8-5-11-17(20)2)24-27-21-15-9-6-12-18(21)3/h4-15,28H,25-27H2,1-3H3. The summed E-state index contributed by atoms with van der Waals surface area (Å²) in [5.74, 6) is 0. The van der Waals surface area contributed by atoms with Gasteiger partial charge >= 0.3 is 9.53 Å². The maximum atomic E-state index is 6.33. The average molecular weight is 441 g/mol. The molecule has 0 saturated carbocycles. The molecule has 0 spiro atoms. The first-order valence-electron chi connectivity index (χ1n) is 9.62. The van der Waals surface area contributed by atoms with Crippen LogP contribution in [0.25, 0.3) is 0 Å². The quantitative estimate of drug-likeness (QED) is 0.435. The predicted molar refractivity (Wildman–Crippen MR) is 128 cm³/mol. The lowest BCUT2D eigenvalue weighted by Gasteiger charge is -2.19. The lowest BCUT2D eigenvalue weighted by molar-refractivity contribution is 0.337. The van der Waals surface area contributed by atoms with Gasteiger partial charge in [-0.25, -0.2) is 0 Å². The Morgan fingerprint density at radius 2 is 0.786 bits per heavy atom. The van der Waals surface area contributed by atoms with Crippen molar-refractivity contribution in [2.24, 2.45) is 0 Å². The molecule has 0 aliphatic rings. The molecule has 3 aromatic carbocycles. The molecule has 146 valence electrons. The zero-order chi connectivity index (χ0) is 19.8. The van der Waals surface area contributed by atoms with Crippen molar-refractivity contribution in [2.75, 3.05) is 0 Å². The molecule has 3 nitrogen and oxygen atoms in total. The Morgan fingerprint density at radius 1 is 0.500 bits per heavy atom. The van der Waals surface area contributed by atoms with E-state index in [1.165, 1.54) is 32.3 Å². The molecule has 3 aromatic rings. The van der Waals surface area contributed by atoms with Gasteiger partial charge in [0.05, 0.1) is 0 Å². The van der Waals surface area contributed by atoms with E-state index in [0.29, 0.717) is 0 Å². The van der Waals surface area contributed by atoms with Gasteiger partial charge in [-0.05, 0) is 36.3 Å². The number of hydrogen-bond donors (Lipinski definition) is 0. The molecule has 3 rings (SSSR count). The van der Waals surface area contributed by atoms with Crippen molar-refractivity contribution in [3.05, 3.63) is 89.5 Å². The van der Waals surface area contributed by atoms with E-state index in [9.17, 15) is 0 Å². The third kappa shape index (κ3) is 6.21. The molecule has 0 radical (unpaired) electrons. The molecule has 0 saturated heterocycles. The zero-order valence-electron chi connectivity index (χ0n) is 16.9. The Balaban J connectivity index is 1.65. The van der Waals surface area contributed by atoms with Crippen molar-refractivity contribution >= 4 is 54.4 Å². The lowest BCUT2D eigenvalue weighted by Crippen LogP contribution is -2.40. The van der Waals surface area contributed by atoms with E-state index in [4.69, 9.17) is 12.3 Å². The van der Waals surface area contributed by atoms with Crippen molar-refractivity contribution < 1.29 is 12.3 Å².